The Morgan fingerprint density at radius 2 is 1.94 bits per heavy atom. The van der Waals surface area contributed by atoms with Crippen LogP contribution >= 0.6 is 0 Å². The highest BCUT2D eigenvalue weighted by Crippen LogP contribution is 2.36. The number of fused-ring (bicyclic) bond motifs is 2. The van der Waals surface area contributed by atoms with Crippen molar-refractivity contribution in [3.63, 3.8) is 0 Å². The number of ketones is 1. The maximum atomic E-state index is 13.0. The molecule has 6 heteroatoms. The van der Waals surface area contributed by atoms with E-state index in [2.05, 4.69) is 11.0 Å². The Hall–Kier alpha value is -2.73. The molecule has 33 heavy (non-hydrogen) atoms. The second kappa shape index (κ2) is 9.64. The van der Waals surface area contributed by atoms with Gasteiger partial charge in [-0.1, -0.05) is 0 Å². The molecule has 1 saturated heterocycles. The van der Waals surface area contributed by atoms with Crippen LogP contribution in [0.4, 0.5) is 11.5 Å². The summed E-state index contributed by atoms with van der Waals surface area (Å²) >= 11 is 0. The molecule has 1 aliphatic carbocycles. The lowest BCUT2D eigenvalue weighted by Gasteiger charge is -2.31. The maximum Gasteiger partial charge on any atom is 0.255 e. The summed E-state index contributed by atoms with van der Waals surface area (Å²) in [7, 11) is 0. The fourth-order valence-corrected chi connectivity index (χ4v) is 5.45. The molecule has 5 rings (SSSR count). The molecule has 0 N–H and O–H groups in total. The van der Waals surface area contributed by atoms with E-state index in [9.17, 15) is 9.59 Å². The van der Waals surface area contributed by atoms with E-state index < -0.39 is 0 Å². The molecule has 2 aromatic rings. The minimum Gasteiger partial charge on any atom is -0.382 e. The van der Waals surface area contributed by atoms with Crippen LogP contribution in [0.1, 0.15) is 70.9 Å². The van der Waals surface area contributed by atoms with Crippen LogP contribution in [-0.4, -0.2) is 54.4 Å². The number of piperidine rings is 1. The number of hydrogen-bond acceptors (Lipinski definition) is 5. The third-order valence-corrected chi connectivity index (χ3v) is 7.23. The molecule has 0 radical (unpaired) electrons. The van der Waals surface area contributed by atoms with Gasteiger partial charge in [-0.25, -0.2) is 4.98 Å². The quantitative estimate of drug-likeness (QED) is 0.607. The molecule has 3 aliphatic rings. The SMILES string of the molecule is CCOCCC1Cc2cc(N3CCCc4cc(C(=O)N5CCCCC5)cnc43)ccc2C1=O. The second-order valence-corrected chi connectivity index (χ2v) is 9.41. The summed E-state index contributed by atoms with van der Waals surface area (Å²) in [5, 5.41) is 0. The fourth-order valence-electron chi connectivity index (χ4n) is 5.45. The maximum absolute atomic E-state index is 13.0. The first-order valence-electron chi connectivity index (χ1n) is 12.5. The Kier molecular flexibility index (Phi) is 6.45. The fraction of sp³-hybridized carbons (Fsp3) is 0.519. The van der Waals surface area contributed by atoms with Crippen molar-refractivity contribution in [3.8, 4) is 0 Å². The van der Waals surface area contributed by atoms with Crippen molar-refractivity contribution in [1.29, 1.82) is 0 Å². The number of ether oxygens (including phenoxy) is 1. The highest BCUT2D eigenvalue weighted by Gasteiger charge is 2.31. The van der Waals surface area contributed by atoms with E-state index in [1.165, 1.54) is 6.42 Å². The number of rotatable bonds is 6. The molecule has 0 spiro atoms. The van der Waals surface area contributed by atoms with Crippen molar-refractivity contribution in [2.75, 3.05) is 37.7 Å². The molecule has 6 nitrogen and oxygen atoms in total. The van der Waals surface area contributed by atoms with E-state index in [4.69, 9.17) is 9.72 Å². The lowest BCUT2D eigenvalue weighted by Crippen LogP contribution is -2.36. The zero-order valence-corrected chi connectivity index (χ0v) is 19.5. The average molecular weight is 448 g/mol. The van der Waals surface area contributed by atoms with Gasteiger partial charge >= 0.3 is 0 Å². The highest BCUT2D eigenvalue weighted by atomic mass is 16.5. The highest BCUT2D eigenvalue weighted by molar-refractivity contribution is 6.02. The number of pyridine rings is 1. The van der Waals surface area contributed by atoms with Crippen LogP contribution < -0.4 is 4.90 Å². The Bertz CT molecular complexity index is 1040. The number of carbonyl (C=O) groups excluding carboxylic acids is 2. The van der Waals surface area contributed by atoms with Gasteiger partial charge in [-0.2, -0.15) is 0 Å². The molecule has 3 heterocycles. The normalized spacial score (nSPS) is 20.0. The molecule has 1 fully saturated rings. The predicted molar refractivity (Wildman–Crippen MR) is 128 cm³/mol. The molecule has 0 saturated carbocycles. The average Bonchev–Trinajstić information content (AvgIpc) is 3.18. The number of benzene rings is 1. The first-order valence-corrected chi connectivity index (χ1v) is 12.5. The summed E-state index contributed by atoms with van der Waals surface area (Å²) in [5.41, 5.74) is 4.90. The van der Waals surface area contributed by atoms with Crippen LogP contribution in [-0.2, 0) is 17.6 Å². The van der Waals surface area contributed by atoms with Crippen molar-refractivity contribution in [3.05, 3.63) is 52.7 Å². The molecule has 1 atom stereocenters. The summed E-state index contributed by atoms with van der Waals surface area (Å²) in [6.45, 7) is 5.89. The second-order valence-electron chi connectivity index (χ2n) is 9.41. The van der Waals surface area contributed by atoms with Gasteiger partial charge in [-0.15, -0.1) is 0 Å². The number of amides is 1. The largest absolute Gasteiger partial charge is 0.382 e. The number of likely N-dealkylation sites (tertiary alicyclic amines) is 1. The molecule has 174 valence electrons. The lowest BCUT2D eigenvalue weighted by molar-refractivity contribution is 0.0723. The zero-order chi connectivity index (χ0) is 22.8. The minimum absolute atomic E-state index is 0.0249. The van der Waals surface area contributed by atoms with Gasteiger partial charge in [-0.3, -0.25) is 9.59 Å². The van der Waals surface area contributed by atoms with Gasteiger partial charge in [0.25, 0.3) is 5.91 Å². The molecule has 0 bridgehead atoms. The first kappa shape index (κ1) is 22.1. The van der Waals surface area contributed by atoms with Crippen LogP contribution in [0.3, 0.4) is 0 Å². The van der Waals surface area contributed by atoms with Crippen LogP contribution in [0.2, 0.25) is 0 Å². The van der Waals surface area contributed by atoms with Gasteiger partial charge in [0.15, 0.2) is 5.78 Å². The van der Waals surface area contributed by atoms with E-state index in [0.29, 0.717) is 18.8 Å². The monoisotopic (exact) mass is 447 g/mol. The van der Waals surface area contributed by atoms with Crippen molar-refractivity contribution in [2.45, 2.75) is 51.9 Å². The Morgan fingerprint density at radius 1 is 1.09 bits per heavy atom. The molecular weight excluding hydrogens is 414 g/mol. The lowest BCUT2D eigenvalue weighted by atomic mass is 10.0. The molecule has 1 unspecified atom stereocenters. The third-order valence-electron chi connectivity index (χ3n) is 7.23. The summed E-state index contributed by atoms with van der Waals surface area (Å²) < 4.78 is 5.47. The van der Waals surface area contributed by atoms with E-state index in [0.717, 1.165) is 86.4 Å². The summed E-state index contributed by atoms with van der Waals surface area (Å²) in [4.78, 5) is 34.7. The van der Waals surface area contributed by atoms with Gasteiger partial charge < -0.3 is 14.5 Å². The van der Waals surface area contributed by atoms with Crippen molar-refractivity contribution in [2.24, 2.45) is 5.92 Å². The first-order chi connectivity index (χ1) is 16.2. The third kappa shape index (κ3) is 4.41. The number of aryl methyl sites for hydroxylation is 1. The molecule has 1 aromatic carbocycles. The number of hydrogen-bond donors (Lipinski definition) is 0. The van der Waals surface area contributed by atoms with Crippen molar-refractivity contribution in [1.82, 2.24) is 9.88 Å². The Balaban J connectivity index is 1.35. The molecule has 1 amide bonds. The standard InChI is InChI=1S/C27H33N3O3/c1-2-33-14-10-19-15-21-17-23(8-9-24(21)25(19)31)30-13-6-7-20-16-22(18-28-26(20)30)27(32)29-11-4-3-5-12-29/h8-9,16-19H,2-7,10-15H2,1H3. The smallest absolute Gasteiger partial charge is 0.255 e. The number of nitrogens with zero attached hydrogens (tertiary/aromatic N) is 3. The van der Waals surface area contributed by atoms with Crippen LogP contribution in [0.15, 0.2) is 30.5 Å². The van der Waals surface area contributed by atoms with Gasteiger partial charge in [0.05, 0.1) is 5.56 Å². The van der Waals surface area contributed by atoms with E-state index >= 15 is 0 Å². The van der Waals surface area contributed by atoms with Crippen LogP contribution in [0.25, 0.3) is 0 Å². The summed E-state index contributed by atoms with van der Waals surface area (Å²) in [6.07, 6.45) is 8.64. The molecule has 1 aromatic heterocycles. The topological polar surface area (TPSA) is 62.7 Å². The Morgan fingerprint density at radius 3 is 2.76 bits per heavy atom. The number of anilines is 2. The van der Waals surface area contributed by atoms with Crippen LogP contribution in [0.5, 0.6) is 0 Å². The van der Waals surface area contributed by atoms with E-state index in [1.54, 1.807) is 6.20 Å². The molecular formula is C27H33N3O3. The van der Waals surface area contributed by atoms with Gasteiger partial charge in [0.2, 0.25) is 0 Å². The van der Waals surface area contributed by atoms with Gasteiger partial charge in [0, 0.05) is 56.2 Å². The van der Waals surface area contributed by atoms with Gasteiger partial charge in [-0.05, 0) is 87.3 Å². The van der Waals surface area contributed by atoms with Gasteiger partial charge in [0.1, 0.15) is 5.82 Å². The van der Waals surface area contributed by atoms with Crippen LogP contribution in [0, 0.1) is 5.92 Å². The molecule has 2 aliphatic heterocycles. The summed E-state index contributed by atoms with van der Waals surface area (Å²) in [6, 6.07) is 8.24. The predicted octanol–water partition coefficient (Wildman–Crippen LogP) is 4.57. The van der Waals surface area contributed by atoms with Crippen molar-refractivity contribution < 1.29 is 14.3 Å². The Labute approximate surface area is 195 Å². The number of Topliss-reactive ketones (excluding diaryl/α,β-unsaturated/α-hetero) is 1. The van der Waals surface area contributed by atoms with E-state index in [-0.39, 0.29) is 17.6 Å². The summed E-state index contributed by atoms with van der Waals surface area (Å²) in [5.74, 6) is 1.32. The zero-order valence-electron chi connectivity index (χ0n) is 19.5. The number of carbonyl (C=O) groups is 2. The van der Waals surface area contributed by atoms with Crippen molar-refractivity contribution >= 4 is 23.2 Å². The van der Waals surface area contributed by atoms with E-state index in [1.807, 2.05) is 30.0 Å². The number of aromatic nitrogens is 1. The minimum atomic E-state index is 0.0249.